The van der Waals surface area contributed by atoms with Gasteiger partial charge < -0.3 is 0 Å². The zero-order chi connectivity index (χ0) is 12.0. The molecule has 0 N–H and O–H groups in total. The van der Waals surface area contributed by atoms with Gasteiger partial charge in [-0.3, -0.25) is 0 Å². The van der Waals surface area contributed by atoms with Crippen LogP contribution in [0.15, 0.2) is 53.5 Å². The first-order chi connectivity index (χ1) is 8.09. The summed E-state index contributed by atoms with van der Waals surface area (Å²) in [5.41, 5.74) is 7.21. The first-order valence-electron chi connectivity index (χ1n) is 5.17. The molecule has 1 unspecified atom stereocenters. The summed E-state index contributed by atoms with van der Waals surface area (Å²) < 4.78 is 39.3. The first kappa shape index (κ1) is 10.2. The van der Waals surface area contributed by atoms with Crippen LogP contribution in [0.4, 0.5) is 13.2 Å². The molecule has 0 nitrogen and oxygen atoms in total. The van der Waals surface area contributed by atoms with Crippen molar-refractivity contribution in [3.63, 3.8) is 0 Å². The Morgan fingerprint density at radius 3 is 2.65 bits per heavy atom. The Balaban J connectivity index is 2.32. The van der Waals surface area contributed by atoms with Crippen molar-refractivity contribution in [1.29, 1.82) is 0 Å². The van der Waals surface area contributed by atoms with Crippen molar-refractivity contribution in [2.75, 3.05) is 0 Å². The molecule has 0 aliphatic heterocycles. The third-order valence-electron chi connectivity index (χ3n) is 3.01. The second kappa shape index (κ2) is 3.27. The van der Waals surface area contributed by atoms with Gasteiger partial charge in [0, 0.05) is 5.57 Å². The van der Waals surface area contributed by atoms with Crippen LogP contribution in [-0.4, -0.2) is 6.18 Å². The third-order valence-corrected chi connectivity index (χ3v) is 3.01. The molecule has 0 heterocycles. The summed E-state index contributed by atoms with van der Waals surface area (Å²) in [6.07, 6.45) is -1.32. The lowest BCUT2D eigenvalue weighted by molar-refractivity contribution is -0.140. The molecule has 0 fully saturated rings. The van der Waals surface area contributed by atoms with E-state index in [1.54, 1.807) is 18.2 Å². The SMILES string of the molecule is FC(F)(F)C1C2=CC=C=C=C2c2ccccc21. The Morgan fingerprint density at radius 2 is 1.88 bits per heavy atom. The maximum Gasteiger partial charge on any atom is 0.399 e. The lowest BCUT2D eigenvalue weighted by Crippen LogP contribution is -2.20. The molecule has 0 spiro atoms. The summed E-state index contributed by atoms with van der Waals surface area (Å²) >= 11 is 0. The molecule has 1 aromatic rings. The van der Waals surface area contributed by atoms with Crippen LogP contribution in [0.3, 0.4) is 0 Å². The molecule has 0 aromatic heterocycles. The van der Waals surface area contributed by atoms with Crippen molar-refractivity contribution in [3.05, 3.63) is 64.6 Å². The molecule has 0 bridgehead atoms. The summed E-state index contributed by atoms with van der Waals surface area (Å²) in [5.74, 6) is -1.53. The van der Waals surface area contributed by atoms with Gasteiger partial charge in [0.05, 0.1) is 0 Å². The molecule has 3 rings (SSSR count). The van der Waals surface area contributed by atoms with Crippen LogP contribution in [-0.2, 0) is 0 Å². The van der Waals surface area contributed by atoms with Gasteiger partial charge in [-0.2, -0.15) is 13.2 Å². The van der Waals surface area contributed by atoms with Crippen LogP contribution < -0.4 is 0 Å². The van der Waals surface area contributed by atoms with Crippen LogP contribution >= 0.6 is 0 Å². The lowest BCUT2D eigenvalue weighted by Gasteiger charge is -2.17. The average molecular weight is 232 g/mol. The maximum absolute atomic E-state index is 13.1. The Bertz CT molecular complexity index is 619. The molecule has 0 saturated heterocycles. The second-order valence-corrected chi connectivity index (χ2v) is 3.99. The molecule has 3 heteroatoms. The van der Waals surface area contributed by atoms with Gasteiger partial charge in [-0.15, -0.1) is 0 Å². The van der Waals surface area contributed by atoms with E-state index in [0.717, 1.165) is 0 Å². The minimum Gasteiger partial charge on any atom is -0.170 e. The van der Waals surface area contributed by atoms with E-state index in [1.165, 1.54) is 18.2 Å². The molecule has 1 atom stereocenters. The smallest absolute Gasteiger partial charge is 0.170 e. The maximum atomic E-state index is 13.1. The summed E-state index contributed by atoms with van der Waals surface area (Å²) in [5, 5.41) is 0. The summed E-state index contributed by atoms with van der Waals surface area (Å²) in [6.45, 7) is 0. The molecule has 2 aliphatic carbocycles. The molecule has 84 valence electrons. The van der Waals surface area contributed by atoms with Gasteiger partial charge >= 0.3 is 6.18 Å². The molecule has 2 aliphatic rings. The average Bonchev–Trinajstić information content (AvgIpc) is 2.63. The minimum absolute atomic E-state index is 0.275. The van der Waals surface area contributed by atoms with Crippen LogP contribution in [0.1, 0.15) is 17.0 Å². The number of hydrogen-bond acceptors (Lipinski definition) is 0. The van der Waals surface area contributed by atoms with Crippen LogP contribution in [0.5, 0.6) is 0 Å². The molecular formula is C14H7F3. The zero-order valence-corrected chi connectivity index (χ0v) is 8.68. The van der Waals surface area contributed by atoms with Gasteiger partial charge in [-0.05, 0) is 28.9 Å². The van der Waals surface area contributed by atoms with E-state index in [4.69, 9.17) is 0 Å². The fourth-order valence-corrected chi connectivity index (χ4v) is 2.36. The van der Waals surface area contributed by atoms with E-state index in [0.29, 0.717) is 16.7 Å². The highest BCUT2D eigenvalue weighted by atomic mass is 19.4. The zero-order valence-electron chi connectivity index (χ0n) is 8.68. The fourth-order valence-electron chi connectivity index (χ4n) is 2.36. The fraction of sp³-hybridized carbons (Fsp3) is 0.143. The highest BCUT2D eigenvalue weighted by molar-refractivity contribution is 5.88. The standard InChI is InChI=1S/C14H7F3/c15-14(16,17)13-11-7-3-1-5-9(11)10-6-2-4-8-12(10)13/h1,3-5,7-8,13H. The Labute approximate surface area is 96.1 Å². The van der Waals surface area contributed by atoms with E-state index in [1.807, 2.05) is 0 Å². The van der Waals surface area contributed by atoms with E-state index < -0.39 is 12.1 Å². The summed E-state index contributed by atoms with van der Waals surface area (Å²) in [7, 11) is 0. The van der Waals surface area contributed by atoms with E-state index in [-0.39, 0.29) is 5.57 Å². The van der Waals surface area contributed by atoms with Gasteiger partial charge in [-0.1, -0.05) is 35.7 Å². The van der Waals surface area contributed by atoms with Gasteiger partial charge in [-0.25, -0.2) is 0 Å². The third kappa shape index (κ3) is 1.41. The van der Waals surface area contributed by atoms with Crippen molar-refractivity contribution < 1.29 is 13.2 Å². The Hall–Kier alpha value is -1.95. The highest BCUT2D eigenvalue weighted by Crippen LogP contribution is 2.52. The van der Waals surface area contributed by atoms with Gasteiger partial charge in [0.2, 0.25) is 0 Å². The first-order valence-corrected chi connectivity index (χ1v) is 5.17. The topological polar surface area (TPSA) is 0 Å². The second-order valence-electron chi connectivity index (χ2n) is 3.99. The van der Waals surface area contributed by atoms with Gasteiger partial charge in [0.1, 0.15) is 5.92 Å². The van der Waals surface area contributed by atoms with Crippen LogP contribution in [0.2, 0.25) is 0 Å². The number of rotatable bonds is 0. The lowest BCUT2D eigenvalue weighted by atomic mass is 9.95. The highest BCUT2D eigenvalue weighted by Gasteiger charge is 2.49. The number of alkyl halides is 3. The molecule has 0 radical (unpaired) electrons. The minimum atomic E-state index is -4.27. The van der Waals surface area contributed by atoms with Crippen molar-refractivity contribution in [3.8, 4) is 0 Å². The van der Waals surface area contributed by atoms with E-state index in [9.17, 15) is 13.2 Å². The van der Waals surface area contributed by atoms with Crippen LogP contribution in [0.25, 0.3) is 5.57 Å². The molecule has 0 saturated carbocycles. The predicted octanol–water partition coefficient (Wildman–Crippen LogP) is 3.98. The Kier molecular flexibility index (Phi) is 1.97. The molecule has 0 amide bonds. The number of benzene rings is 1. The van der Waals surface area contributed by atoms with E-state index in [2.05, 4.69) is 11.5 Å². The van der Waals surface area contributed by atoms with Crippen LogP contribution in [0, 0.1) is 0 Å². The molecule has 17 heavy (non-hydrogen) atoms. The number of fused-ring (bicyclic) bond motifs is 3. The summed E-state index contributed by atoms with van der Waals surface area (Å²) in [4.78, 5) is 0. The van der Waals surface area contributed by atoms with Gasteiger partial charge in [0.25, 0.3) is 0 Å². The van der Waals surface area contributed by atoms with E-state index >= 15 is 0 Å². The quantitative estimate of drug-likeness (QED) is 0.593. The molecular weight excluding hydrogens is 225 g/mol. The number of hydrogen-bond donors (Lipinski definition) is 0. The normalized spacial score (nSPS) is 20.8. The largest absolute Gasteiger partial charge is 0.399 e. The number of halogens is 3. The van der Waals surface area contributed by atoms with Crippen molar-refractivity contribution >= 4 is 5.57 Å². The monoisotopic (exact) mass is 232 g/mol. The Morgan fingerprint density at radius 1 is 1.12 bits per heavy atom. The van der Waals surface area contributed by atoms with Gasteiger partial charge in [0.15, 0.2) is 0 Å². The predicted molar refractivity (Wildman–Crippen MR) is 58.3 cm³/mol. The van der Waals surface area contributed by atoms with Crippen molar-refractivity contribution in [2.24, 2.45) is 0 Å². The van der Waals surface area contributed by atoms with Crippen molar-refractivity contribution in [2.45, 2.75) is 12.1 Å². The number of allylic oxidation sites excluding steroid dienone is 4. The molecule has 1 aromatic carbocycles. The summed E-state index contributed by atoms with van der Waals surface area (Å²) in [6, 6.07) is 6.60. The van der Waals surface area contributed by atoms with Crippen molar-refractivity contribution in [1.82, 2.24) is 0 Å².